The van der Waals surface area contributed by atoms with Crippen molar-refractivity contribution in [3.63, 3.8) is 0 Å². The van der Waals surface area contributed by atoms with Crippen LogP contribution in [0.2, 0.25) is 5.02 Å². The second-order valence-electron chi connectivity index (χ2n) is 3.37. The molecule has 0 unspecified atom stereocenters. The minimum atomic E-state index is -0.565. The molecule has 0 aliphatic heterocycles. The summed E-state index contributed by atoms with van der Waals surface area (Å²) in [5.74, 6) is 0.0979. The summed E-state index contributed by atoms with van der Waals surface area (Å²) in [5, 5.41) is 11.2. The van der Waals surface area contributed by atoms with Crippen LogP contribution in [0.5, 0.6) is 11.6 Å². The number of nitrogens with zero attached hydrogens (tertiary/aromatic N) is 2. The van der Waals surface area contributed by atoms with E-state index in [4.69, 9.17) is 22.1 Å². The van der Waals surface area contributed by atoms with Crippen molar-refractivity contribution in [3.8, 4) is 11.6 Å². The molecule has 0 aliphatic carbocycles. The number of pyridine rings is 1. The average molecular weight is 266 g/mol. The fourth-order valence-electron chi connectivity index (χ4n) is 1.31. The summed E-state index contributed by atoms with van der Waals surface area (Å²) in [5.41, 5.74) is 5.72. The van der Waals surface area contributed by atoms with Gasteiger partial charge in [-0.15, -0.1) is 0 Å². The Kier molecular flexibility index (Phi) is 3.29. The number of ether oxygens (including phenoxy) is 1. The topological polar surface area (TPSA) is 91.3 Å². The zero-order valence-corrected chi connectivity index (χ0v) is 9.79. The summed E-state index contributed by atoms with van der Waals surface area (Å²) in [4.78, 5) is 14.2. The lowest BCUT2D eigenvalue weighted by atomic mass is 10.3. The summed E-state index contributed by atoms with van der Waals surface area (Å²) in [7, 11) is 0. The van der Waals surface area contributed by atoms with Crippen LogP contribution in [-0.4, -0.2) is 9.91 Å². The van der Waals surface area contributed by atoms with Gasteiger partial charge in [-0.25, -0.2) is 4.98 Å². The SMILES string of the molecule is Nc1cccnc1Oc1cc(Cl)ccc1[N+](=O)[O-]. The van der Waals surface area contributed by atoms with Gasteiger partial charge in [-0.3, -0.25) is 10.1 Å². The molecule has 0 saturated heterocycles. The Bertz CT molecular complexity index is 604. The Labute approximate surface area is 107 Å². The fraction of sp³-hybridized carbons (Fsp3) is 0. The van der Waals surface area contributed by atoms with Crippen molar-refractivity contribution in [1.82, 2.24) is 4.98 Å². The van der Waals surface area contributed by atoms with Crippen LogP contribution in [0.15, 0.2) is 36.5 Å². The van der Waals surface area contributed by atoms with E-state index in [1.54, 1.807) is 12.1 Å². The number of nitro benzene ring substituents is 1. The van der Waals surface area contributed by atoms with Gasteiger partial charge in [-0.05, 0) is 18.2 Å². The van der Waals surface area contributed by atoms with E-state index in [1.165, 1.54) is 24.4 Å². The number of nitrogens with two attached hydrogens (primary N) is 1. The van der Waals surface area contributed by atoms with E-state index in [2.05, 4.69) is 4.98 Å². The van der Waals surface area contributed by atoms with Gasteiger partial charge in [-0.1, -0.05) is 11.6 Å². The number of anilines is 1. The van der Waals surface area contributed by atoms with Crippen molar-refractivity contribution in [2.45, 2.75) is 0 Å². The van der Waals surface area contributed by atoms with Crippen molar-refractivity contribution < 1.29 is 9.66 Å². The molecule has 0 spiro atoms. The molecule has 7 heteroatoms. The van der Waals surface area contributed by atoms with E-state index < -0.39 is 4.92 Å². The third-order valence-corrected chi connectivity index (χ3v) is 2.36. The highest BCUT2D eigenvalue weighted by Crippen LogP contribution is 2.34. The molecule has 92 valence electrons. The van der Waals surface area contributed by atoms with Crippen LogP contribution < -0.4 is 10.5 Å². The van der Waals surface area contributed by atoms with Crippen LogP contribution in [0.25, 0.3) is 0 Å². The molecule has 0 bridgehead atoms. The Morgan fingerprint density at radius 1 is 1.39 bits per heavy atom. The van der Waals surface area contributed by atoms with Crippen LogP contribution in [0.4, 0.5) is 11.4 Å². The molecule has 1 aromatic carbocycles. The molecule has 0 amide bonds. The molecule has 2 aromatic rings. The Hall–Kier alpha value is -2.34. The average Bonchev–Trinajstić information content (AvgIpc) is 2.32. The second kappa shape index (κ2) is 4.89. The van der Waals surface area contributed by atoms with Gasteiger partial charge in [0.1, 0.15) is 0 Å². The number of rotatable bonds is 3. The maximum absolute atomic E-state index is 10.8. The molecule has 18 heavy (non-hydrogen) atoms. The minimum Gasteiger partial charge on any atom is -0.430 e. The quantitative estimate of drug-likeness (QED) is 0.680. The summed E-state index contributed by atoms with van der Waals surface area (Å²) in [6.45, 7) is 0. The molecular formula is C11H8ClN3O3. The van der Waals surface area contributed by atoms with Gasteiger partial charge in [0.15, 0.2) is 0 Å². The Morgan fingerprint density at radius 3 is 2.83 bits per heavy atom. The van der Waals surface area contributed by atoms with Crippen molar-refractivity contribution in [1.29, 1.82) is 0 Å². The largest absolute Gasteiger partial charge is 0.430 e. The number of hydrogen-bond acceptors (Lipinski definition) is 5. The van der Waals surface area contributed by atoms with Crippen LogP contribution in [0.1, 0.15) is 0 Å². The molecule has 2 N–H and O–H groups in total. The molecule has 0 atom stereocenters. The number of nitro groups is 1. The maximum atomic E-state index is 10.8. The van der Waals surface area contributed by atoms with E-state index in [-0.39, 0.29) is 23.0 Å². The lowest BCUT2D eigenvalue weighted by Gasteiger charge is -2.07. The standard InChI is InChI=1S/C11H8ClN3O3/c12-7-3-4-9(15(16)17)10(6-7)18-11-8(13)2-1-5-14-11/h1-6H,13H2. The summed E-state index contributed by atoms with van der Waals surface area (Å²) < 4.78 is 5.32. The lowest BCUT2D eigenvalue weighted by Crippen LogP contribution is -1.97. The third-order valence-electron chi connectivity index (χ3n) is 2.13. The molecule has 6 nitrogen and oxygen atoms in total. The predicted molar refractivity (Wildman–Crippen MR) is 66.8 cm³/mol. The molecule has 0 fully saturated rings. The van der Waals surface area contributed by atoms with Crippen molar-refractivity contribution in [3.05, 3.63) is 51.7 Å². The lowest BCUT2D eigenvalue weighted by molar-refractivity contribution is -0.385. The van der Waals surface area contributed by atoms with Crippen molar-refractivity contribution in [2.24, 2.45) is 0 Å². The zero-order valence-electron chi connectivity index (χ0n) is 9.04. The van der Waals surface area contributed by atoms with E-state index in [0.29, 0.717) is 5.02 Å². The number of halogens is 1. The second-order valence-corrected chi connectivity index (χ2v) is 3.81. The maximum Gasteiger partial charge on any atom is 0.311 e. The zero-order chi connectivity index (χ0) is 13.1. The number of aromatic nitrogens is 1. The number of nitrogen functional groups attached to an aromatic ring is 1. The van der Waals surface area contributed by atoms with Crippen LogP contribution in [0, 0.1) is 10.1 Å². The highest BCUT2D eigenvalue weighted by molar-refractivity contribution is 6.30. The first-order valence-electron chi connectivity index (χ1n) is 4.90. The molecule has 0 radical (unpaired) electrons. The van der Waals surface area contributed by atoms with E-state index in [1.807, 2.05) is 0 Å². The fourth-order valence-corrected chi connectivity index (χ4v) is 1.48. The highest BCUT2D eigenvalue weighted by Gasteiger charge is 2.17. The van der Waals surface area contributed by atoms with Gasteiger partial charge >= 0.3 is 5.69 Å². The Morgan fingerprint density at radius 2 is 2.17 bits per heavy atom. The summed E-state index contributed by atoms with van der Waals surface area (Å²) in [6.07, 6.45) is 1.47. The van der Waals surface area contributed by atoms with Crippen LogP contribution in [0.3, 0.4) is 0 Å². The molecule has 1 heterocycles. The van der Waals surface area contributed by atoms with E-state index in [0.717, 1.165) is 0 Å². The third kappa shape index (κ3) is 2.49. The minimum absolute atomic E-state index is 0.00194. The summed E-state index contributed by atoms with van der Waals surface area (Å²) in [6, 6.07) is 7.23. The van der Waals surface area contributed by atoms with Crippen LogP contribution >= 0.6 is 11.6 Å². The van der Waals surface area contributed by atoms with Gasteiger partial charge in [0.05, 0.1) is 10.6 Å². The normalized spacial score (nSPS) is 10.1. The van der Waals surface area contributed by atoms with Gasteiger partial charge in [0, 0.05) is 23.4 Å². The van der Waals surface area contributed by atoms with Gasteiger partial charge in [-0.2, -0.15) is 0 Å². The van der Waals surface area contributed by atoms with Gasteiger partial charge in [0.25, 0.3) is 0 Å². The van der Waals surface area contributed by atoms with Crippen LogP contribution in [-0.2, 0) is 0 Å². The van der Waals surface area contributed by atoms with Gasteiger partial charge in [0.2, 0.25) is 11.6 Å². The van der Waals surface area contributed by atoms with E-state index in [9.17, 15) is 10.1 Å². The Balaban J connectivity index is 2.42. The number of hydrogen-bond donors (Lipinski definition) is 1. The molecule has 1 aromatic heterocycles. The first-order chi connectivity index (χ1) is 8.58. The van der Waals surface area contributed by atoms with Crippen molar-refractivity contribution in [2.75, 3.05) is 5.73 Å². The van der Waals surface area contributed by atoms with E-state index >= 15 is 0 Å². The first-order valence-corrected chi connectivity index (χ1v) is 5.28. The monoisotopic (exact) mass is 265 g/mol. The highest BCUT2D eigenvalue weighted by atomic mass is 35.5. The molecule has 2 rings (SSSR count). The van der Waals surface area contributed by atoms with Gasteiger partial charge < -0.3 is 10.5 Å². The first kappa shape index (κ1) is 12.1. The smallest absolute Gasteiger partial charge is 0.311 e. The predicted octanol–water partition coefficient (Wildman–Crippen LogP) is 3.02. The van der Waals surface area contributed by atoms with Crippen molar-refractivity contribution >= 4 is 23.0 Å². The number of benzene rings is 1. The summed E-state index contributed by atoms with van der Waals surface area (Å²) >= 11 is 5.77. The molecular weight excluding hydrogens is 258 g/mol. The molecule has 0 saturated carbocycles. The molecule has 0 aliphatic rings.